The number of nitrogens with zero attached hydrogens (tertiary/aromatic N) is 1. The topological polar surface area (TPSA) is 43.0 Å². The van der Waals surface area contributed by atoms with Crippen molar-refractivity contribution in [3.05, 3.63) is 17.7 Å². The third-order valence-corrected chi connectivity index (χ3v) is 5.22. The zero-order valence-corrected chi connectivity index (χ0v) is 13.4. The van der Waals surface area contributed by atoms with Gasteiger partial charge in [0, 0.05) is 31.0 Å². The summed E-state index contributed by atoms with van der Waals surface area (Å²) in [5, 5.41) is 3.46. The van der Waals surface area contributed by atoms with Crippen LogP contribution in [0.4, 0.5) is 0 Å². The van der Waals surface area contributed by atoms with Gasteiger partial charge in [-0.3, -0.25) is 4.90 Å². The smallest absolute Gasteiger partial charge is 0.231 e. The molecule has 1 N–H and O–H groups in total. The lowest BCUT2D eigenvalue weighted by Gasteiger charge is -2.43. The number of ether oxygens (including phenoxy) is 3. The van der Waals surface area contributed by atoms with Gasteiger partial charge in [-0.15, -0.1) is 0 Å². The maximum Gasteiger partial charge on any atom is 0.231 e. The maximum atomic E-state index is 6.50. The first-order chi connectivity index (χ1) is 10.8. The van der Waals surface area contributed by atoms with Crippen molar-refractivity contribution in [1.82, 2.24) is 10.2 Å². The molecule has 3 heterocycles. The zero-order chi connectivity index (χ0) is 15.2. The summed E-state index contributed by atoms with van der Waals surface area (Å²) in [5.41, 5.74) is 1.13. The summed E-state index contributed by atoms with van der Waals surface area (Å²) in [5.74, 6) is 2.50. The molecule has 0 bridgehead atoms. The molecular weight excluding hydrogens is 280 g/mol. The van der Waals surface area contributed by atoms with Crippen LogP contribution in [0.15, 0.2) is 12.1 Å². The normalized spacial score (nSPS) is 29.0. The van der Waals surface area contributed by atoms with Crippen LogP contribution in [0.5, 0.6) is 17.2 Å². The van der Waals surface area contributed by atoms with Gasteiger partial charge in [0.05, 0.1) is 0 Å². The Morgan fingerprint density at radius 1 is 1.23 bits per heavy atom. The summed E-state index contributed by atoms with van der Waals surface area (Å²) < 4.78 is 17.7. The lowest BCUT2D eigenvalue weighted by molar-refractivity contribution is 0.0165. The van der Waals surface area contributed by atoms with Crippen LogP contribution in [0.25, 0.3) is 0 Å². The van der Waals surface area contributed by atoms with Crippen molar-refractivity contribution in [3.63, 3.8) is 0 Å². The average molecular weight is 304 g/mol. The van der Waals surface area contributed by atoms with Crippen molar-refractivity contribution < 1.29 is 14.2 Å². The predicted molar refractivity (Wildman–Crippen MR) is 83.7 cm³/mol. The van der Waals surface area contributed by atoms with E-state index in [1.54, 1.807) is 0 Å². The Hall–Kier alpha value is -1.46. The minimum atomic E-state index is -0.110. The van der Waals surface area contributed by atoms with Crippen LogP contribution in [0.2, 0.25) is 0 Å². The van der Waals surface area contributed by atoms with Crippen molar-refractivity contribution >= 4 is 0 Å². The molecule has 22 heavy (non-hydrogen) atoms. The van der Waals surface area contributed by atoms with Gasteiger partial charge >= 0.3 is 0 Å². The Bertz CT molecular complexity index is 565. The van der Waals surface area contributed by atoms with Gasteiger partial charge in [0.15, 0.2) is 11.5 Å². The summed E-state index contributed by atoms with van der Waals surface area (Å²) in [6, 6.07) is 4.56. The quantitative estimate of drug-likeness (QED) is 0.928. The number of hydrogen-bond acceptors (Lipinski definition) is 5. The Morgan fingerprint density at radius 2 is 2.09 bits per heavy atom. The van der Waals surface area contributed by atoms with E-state index >= 15 is 0 Å². The van der Waals surface area contributed by atoms with E-state index in [2.05, 4.69) is 30.1 Å². The molecule has 3 aliphatic rings. The van der Waals surface area contributed by atoms with Crippen LogP contribution < -0.4 is 19.5 Å². The molecule has 1 spiro atoms. The second kappa shape index (κ2) is 5.32. The molecule has 0 radical (unpaired) electrons. The number of benzene rings is 1. The summed E-state index contributed by atoms with van der Waals surface area (Å²) in [7, 11) is 0. The summed E-state index contributed by atoms with van der Waals surface area (Å²) in [6.45, 7) is 8.76. The number of nitrogens with one attached hydrogen (secondary N) is 1. The Morgan fingerprint density at radius 3 is 2.82 bits per heavy atom. The molecule has 0 saturated carbocycles. The van der Waals surface area contributed by atoms with Gasteiger partial charge in [0.1, 0.15) is 5.60 Å². The minimum Gasteiger partial charge on any atom is -0.481 e. The fourth-order valence-corrected chi connectivity index (χ4v) is 4.02. The second-order valence-electron chi connectivity index (χ2n) is 6.37. The van der Waals surface area contributed by atoms with Crippen LogP contribution in [0, 0.1) is 0 Å². The summed E-state index contributed by atoms with van der Waals surface area (Å²) >= 11 is 0. The SMILES string of the molecule is CCN(CC)C1CC2(CCNC2)Oc2c1ccc1c2OCO1. The molecule has 1 saturated heterocycles. The average Bonchev–Trinajstić information content (AvgIpc) is 3.18. The van der Waals surface area contributed by atoms with Gasteiger partial charge in [-0.2, -0.15) is 0 Å². The van der Waals surface area contributed by atoms with Gasteiger partial charge in [-0.25, -0.2) is 0 Å². The molecule has 5 nitrogen and oxygen atoms in total. The molecule has 5 heteroatoms. The molecule has 0 aliphatic carbocycles. The van der Waals surface area contributed by atoms with E-state index in [9.17, 15) is 0 Å². The van der Waals surface area contributed by atoms with E-state index in [1.165, 1.54) is 5.56 Å². The Kier molecular flexibility index (Phi) is 3.42. The van der Waals surface area contributed by atoms with Crippen LogP contribution in [-0.2, 0) is 0 Å². The zero-order valence-electron chi connectivity index (χ0n) is 13.4. The van der Waals surface area contributed by atoms with Gasteiger partial charge in [0.25, 0.3) is 0 Å². The molecule has 1 fully saturated rings. The molecule has 0 amide bonds. The van der Waals surface area contributed by atoms with E-state index in [1.807, 2.05) is 6.07 Å². The molecule has 1 aromatic rings. The van der Waals surface area contributed by atoms with Crippen LogP contribution >= 0.6 is 0 Å². The molecule has 2 unspecified atom stereocenters. The first kappa shape index (κ1) is 14.2. The monoisotopic (exact) mass is 304 g/mol. The minimum absolute atomic E-state index is 0.110. The molecule has 120 valence electrons. The van der Waals surface area contributed by atoms with Gasteiger partial charge < -0.3 is 19.5 Å². The van der Waals surface area contributed by atoms with E-state index in [0.717, 1.165) is 56.3 Å². The summed E-state index contributed by atoms with van der Waals surface area (Å²) in [6.07, 6.45) is 2.09. The first-order valence-corrected chi connectivity index (χ1v) is 8.32. The molecule has 0 aromatic heterocycles. The van der Waals surface area contributed by atoms with Crippen molar-refractivity contribution in [1.29, 1.82) is 0 Å². The third-order valence-electron chi connectivity index (χ3n) is 5.22. The standard InChI is InChI=1S/C17H24N2O3/c1-3-19(4-2)13-9-17(7-8-18-10-17)22-15-12(13)5-6-14-16(15)21-11-20-14/h5-6,13,18H,3-4,7-11H2,1-2H3. The fraction of sp³-hybridized carbons (Fsp3) is 0.647. The lowest BCUT2D eigenvalue weighted by Crippen LogP contribution is -2.46. The third kappa shape index (κ3) is 2.07. The lowest BCUT2D eigenvalue weighted by atomic mass is 9.85. The fourth-order valence-electron chi connectivity index (χ4n) is 4.02. The van der Waals surface area contributed by atoms with Crippen LogP contribution in [0.1, 0.15) is 38.3 Å². The van der Waals surface area contributed by atoms with Crippen LogP contribution in [-0.4, -0.2) is 43.5 Å². The molecule has 3 aliphatic heterocycles. The molecule has 1 aromatic carbocycles. The highest BCUT2D eigenvalue weighted by molar-refractivity contribution is 5.59. The number of fused-ring (bicyclic) bond motifs is 3. The van der Waals surface area contributed by atoms with E-state index in [0.29, 0.717) is 6.04 Å². The Balaban J connectivity index is 1.81. The van der Waals surface area contributed by atoms with E-state index < -0.39 is 0 Å². The Labute approximate surface area is 131 Å². The molecule has 2 atom stereocenters. The van der Waals surface area contributed by atoms with Crippen molar-refractivity contribution in [2.24, 2.45) is 0 Å². The maximum absolute atomic E-state index is 6.50. The highest BCUT2D eigenvalue weighted by Gasteiger charge is 2.46. The molecule has 4 rings (SSSR count). The number of hydrogen-bond donors (Lipinski definition) is 1. The number of rotatable bonds is 3. The largest absolute Gasteiger partial charge is 0.481 e. The van der Waals surface area contributed by atoms with Crippen molar-refractivity contribution in [3.8, 4) is 17.2 Å². The van der Waals surface area contributed by atoms with E-state index in [4.69, 9.17) is 14.2 Å². The highest BCUT2D eigenvalue weighted by Crippen LogP contribution is 2.53. The first-order valence-electron chi connectivity index (χ1n) is 8.32. The molecular formula is C17H24N2O3. The van der Waals surface area contributed by atoms with Gasteiger partial charge in [-0.05, 0) is 31.8 Å². The second-order valence-corrected chi connectivity index (χ2v) is 6.37. The predicted octanol–water partition coefficient (Wildman–Crippen LogP) is 2.31. The van der Waals surface area contributed by atoms with Crippen LogP contribution in [0.3, 0.4) is 0 Å². The van der Waals surface area contributed by atoms with Crippen molar-refractivity contribution in [2.45, 2.75) is 38.3 Å². The van der Waals surface area contributed by atoms with Crippen molar-refractivity contribution in [2.75, 3.05) is 33.0 Å². The van der Waals surface area contributed by atoms with E-state index in [-0.39, 0.29) is 12.4 Å². The van der Waals surface area contributed by atoms with Gasteiger partial charge in [0.2, 0.25) is 12.5 Å². The summed E-state index contributed by atoms with van der Waals surface area (Å²) in [4.78, 5) is 2.52. The highest BCUT2D eigenvalue weighted by atomic mass is 16.7. The van der Waals surface area contributed by atoms with Gasteiger partial charge in [-0.1, -0.05) is 13.8 Å².